The SMILES string of the molecule is O=C(O)[N]C(=O)c1cc[nH]n1. The molecule has 0 spiro atoms. The molecular formula is C5H4N3O3. The third-order valence-corrected chi connectivity index (χ3v) is 0.917. The molecule has 6 heteroatoms. The highest BCUT2D eigenvalue weighted by molar-refractivity contribution is 6.00. The summed E-state index contributed by atoms with van der Waals surface area (Å²) in [6.07, 6.45) is -0.108. The lowest BCUT2D eigenvalue weighted by Crippen LogP contribution is -2.21. The Bertz CT molecular complexity index is 267. The van der Waals surface area contributed by atoms with Gasteiger partial charge < -0.3 is 5.11 Å². The van der Waals surface area contributed by atoms with Crippen molar-refractivity contribution in [2.45, 2.75) is 0 Å². The monoisotopic (exact) mass is 154 g/mol. The van der Waals surface area contributed by atoms with Crippen LogP contribution in [-0.2, 0) is 0 Å². The Morgan fingerprint density at radius 3 is 2.82 bits per heavy atom. The number of H-pyrrole nitrogens is 1. The van der Waals surface area contributed by atoms with E-state index in [1.54, 1.807) is 0 Å². The van der Waals surface area contributed by atoms with E-state index in [9.17, 15) is 9.59 Å². The number of carbonyl (C=O) groups is 2. The Balaban J connectivity index is 2.64. The van der Waals surface area contributed by atoms with Crippen LogP contribution >= 0.6 is 0 Å². The zero-order valence-corrected chi connectivity index (χ0v) is 5.31. The van der Waals surface area contributed by atoms with Crippen LogP contribution in [0.2, 0.25) is 0 Å². The van der Waals surface area contributed by atoms with E-state index in [1.807, 2.05) is 0 Å². The third kappa shape index (κ3) is 1.78. The molecule has 11 heavy (non-hydrogen) atoms. The molecule has 0 atom stereocenters. The third-order valence-electron chi connectivity index (χ3n) is 0.917. The Hall–Kier alpha value is -1.85. The Morgan fingerprint density at radius 1 is 1.64 bits per heavy atom. The number of carboxylic acid groups (broad SMARTS) is 1. The molecule has 6 nitrogen and oxygen atoms in total. The fourth-order valence-electron chi connectivity index (χ4n) is 0.524. The molecule has 0 aromatic carbocycles. The summed E-state index contributed by atoms with van der Waals surface area (Å²) in [5.74, 6) is -0.862. The summed E-state index contributed by atoms with van der Waals surface area (Å²) >= 11 is 0. The van der Waals surface area contributed by atoms with Gasteiger partial charge in [0.25, 0.3) is 0 Å². The number of rotatable bonds is 1. The van der Waals surface area contributed by atoms with Crippen LogP contribution in [0.4, 0.5) is 4.79 Å². The molecule has 57 valence electrons. The van der Waals surface area contributed by atoms with Crippen molar-refractivity contribution in [1.82, 2.24) is 15.5 Å². The van der Waals surface area contributed by atoms with Crippen LogP contribution in [0.5, 0.6) is 0 Å². The molecule has 1 aromatic rings. The zero-order chi connectivity index (χ0) is 8.27. The van der Waals surface area contributed by atoms with E-state index in [-0.39, 0.29) is 5.69 Å². The molecule has 1 aromatic heterocycles. The van der Waals surface area contributed by atoms with Gasteiger partial charge in [0.05, 0.1) is 0 Å². The number of hydrogen-bond acceptors (Lipinski definition) is 3. The Morgan fingerprint density at radius 2 is 2.36 bits per heavy atom. The predicted octanol–water partition coefficient (Wildman–Crippen LogP) is -0.168. The fraction of sp³-hybridized carbons (Fsp3) is 0. The van der Waals surface area contributed by atoms with Gasteiger partial charge in [0.2, 0.25) is 0 Å². The van der Waals surface area contributed by atoms with Crippen molar-refractivity contribution in [3.05, 3.63) is 18.0 Å². The molecule has 0 aliphatic carbocycles. The molecule has 0 saturated heterocycles. The summed E-state index contributed by atoms with van der Waals surface area (Å²) in [7, 11) is 0. The lowest BCUT2D eigenvalue weighted by molar-refractivity contribution is 0.0938. The summed E-state index contributed by atoms with van der Waals surface area (Å²) in [6.45, 7) is 0. The van der Waals surface area contributed by atoms with Crippen molar-refractivity contribution in [2.75, 3.05) is 0 Å². The van der Waals surface area contributed by atoms with Crippen LogP contribution in [0.25, 0.3) is 0 Å². The first-order valence-electron chi connectivity index (χ1n) is 2.69. The second-order valence-corrected chi connectivity index (χ2v) is 1.66. The molecule has 0 fully saturated rings. The maximum Gasteiger partial charge on any atom is 0.434 e. The second kappa shape index (κ2) is 2.82. The van der Waals surface area contributed by atoms with Gasteiger partial charge in [0.1, 0.15) is 0 Å². The van der Waals surface area contributed by atoms with Crippen LogP contribution in [-0.4, -0.2) is 27.3 Å². The van der Waals surface area contributed by atoms with Gasteiger partial charge >= 0.3 is 12.0 Å². The molecule has 1 heterocycles. The number of aromatic nitrogens is 2. The van der Waals surface area contributed by atoms with Gasteiger partial charge in [-0.25, -0.2) is 4.79 Å². The number of amides is 2. The van der Waals surface area contributed by atoms with Crippen LogP contribution in [0.3, 0.4) is 0 Å². The highest BCUT2D eigenvalue weighted by atomic mass is 16.4. The summed E-state index contributed by atoms with van der Waals surface area (Å²) in [6, 6.07) is 1.34. The molecule has 0 aliphatic heterocycles. The van der Waals surface area contributed by atoms with E-state index in [0.717, 1.165) is 0 Å². The molecule has 1 rings (SSSR count). The minimum absolute atomic E-state index is 0.00704. The van der Waals surface area contributed by atoms with Crippen LogP contribution in [0.15, 0.2) is 12.3 Å². The molecular weight excluding hydrogens is 150 g/mol. The first-order chi connectivity index (χ1) is 5.20. The van der Waals surface area contributed by atoms with Gasteiger partial charge in [-0.3, -0.25) is 9.89 Å². The summed E-state index contributed by atoms with van der Waals surface area (Å²) in [5.41, 5.74) is -0.00704. The van der Waals surface area contributed by atoms with Gasteiger partial charge in [0, 0.05) is 6.20 Å². The minimum Gasteiger partial charge on any atom is -0.463 e. The zero-order valence-electron chi connectivity index (χ0n) is 5.31. The predicted molar refractivity (Wildman–Crippen MR) is 33.1 cm³/mol. The standard InChI is InChI=1S/C5H4N3O3/c9-4(7-5(10)11)3-1-2-6-8-3/h1-2H,(H,6,8)(H,10,11). The Kier molecular flexibility index (Phi) is 1.86. The molecule has 1 radical (unpaired) electrons. The van der Waals surface area contributed by atoms with E-state index >= 15 is 0 Å². The van der Waals surface area contributed by atoms with E-state index in [1.165, 1.54) is 12.3 Å². The van der Waals surface area contributed by atoms with E-state index in [2.05, 4.69) is 15.5 Å². The molecule has 2 amide bonds. The average Bonchev–Trinajstić information content (AvgIpc) is 2.35. The normalized spacial score (nSPS) is 9.09. The van der Waals surface area contributed by atoms with Crippen molar-refractivity contribution in [2.24, 2.45) is 0 Å². The van der Waals surface area contributed by atoms with Gasteiger partial charge in [-0.05, 0) is 6.07 Å². The molecule has 0 unspecified atom stereocenters. The maximum absolute atomic E-state index is 10.7. The number of carbonyl (C=O) groups excluding carboxylic acids is 1. The maximum atomic E-state index is 10.7. The largest absolute Gasteiger partial charge is 0.463 e. The minimum atomic E-state index is -1.52. The molecule has 0 aliphatic rings. The van der Waals surface area contributed by atoms with E-state index in [0.29, 0.717) is 0 Å². The van der Waals surface area contributed by atoms with Crippen molar-refractivity contribution < 1.29 is 14.7 Å². The first-order valence-corrected chi connectivity index (χ1v) is 2.69. The lowest BCUT2D eigenvalue weighted by atomic mass is 10.4. The quantitative estimate of drug-likeness (QED) is 0.586. The van der Waals surface area contributed by atoms with E-state index in [4.69, 9.17) is 5.11 Å². The second-order valence-electron chi connectivity index (χ2n) is 1.66. The number of hydrogen-bond donors (Lipinski definition) is 2. The van der Waals surface area contributed by atoms with Gasteiger partial charge in [-0.1, -0.05) is 0 Å². The van der Waals surface area contributed by atoms with Crippen molar-refractivity contribution in [3.63, 3.8) is 0 Å². The highest BCUT2D eigenvalue weighted by Gasteiger charge is 2.12. The number of aromatic amines is 1. The van der Waals surface area contributed by atoms with E-state index < -0.39 is 12.0 Å². The van der Waals surface area contributed by atoms with Crippen LogP contribution in [0.1, 0.15) is 10.5 Å². The summed E-state index contributed by atoms with van der Waals surface area (Å²) in [4.78, 5) is 20.6. The number of imide groups is 1. The van der Waals surface area contributed by atoms with Gasteiger partial charge in [-0.2, -0.15) is 5.10 Å². The molecule has 2 N–H and O–H groups in total. The van der Waals surface area contributed by atoms with Crippen molar-refractivity contribution >= 4 is 12.0 Å². The van der Waals surface area contributed by atoms with Gasteiger partial charge in [-0.15, -0.1) is 5.32 Å². The highest BCUT2D eigenvalue weighted by Crippen LogP contribution is 1.90. The summed E-state index contributed by atoms with van der Waals surface area (Å²) < 4.78 is 0. The number of nitrogens with one attached hydrogen (secondary N) is 1. The summed E-state index contributed by atoms with van der Waals surface area (Å²) in [5, 5.41) is 16.6. The van der Waals surface area contributed by atoms with Crippen molar-refractivity contribution in [1.29, 1.82) is 0 Å². The average molecular weight is 154 g/mol. The fourth-order valence-corrected chi connectivity index (χ4v) is 0.524. The smallest absolute Gasteiger partial charge is 0.434 e. The number of nitrogens with zero attached hydrogens (tertiary/aromatic N) is 2. The molecule has 0 bridgehead atoms. The van der Waals surface area contributed by atoms with Crippen LogP contribution < -0.4 is 5.32 Å². The van der Waals surface area contributed by atoms with Gasteiger partial charge in [0.15, 0.2) is 5.69 Å². The molecule has 0 saturated carbocycles. The Labute approximate surface area is 61.2 Å². The topological polar surface area (TPSA) is 97.1 Å². The first kappa shape index (κ1) is 7.26. The van der Waals surface area contributed by atoms with Crippen molar-refractivity contribution in [3.8, 4) is 0 Å². The van der Waals surface area contributed by atoms with Crippen LogP contribution in [0, 0.1) is 0 Å². The lowest BCUT2D eigenvalue weighted by Gasteiger charge is -1.88.